The quantitative estimate of drug-likeness (QED) is 0.416. The summed E-state index contributed by atoms with van der Waals surface area (Å²) >= 11 is 0. The molecule has 4 rings (SSSR count). The first kappa shape index (κ1) is 26.2. The van der Waals surface area contributed by atoms with Gasteiger partial charge in [0.15, 0.2) is 0 Å². The van der Waals surface area contributed by atoms with Crippen molar-refractivity contribution in [2.24, 2.45) is 0 Å². The summed E-state index contributed by atoms with van der Waals surface area (Å²) in [5.41, 5.74) is 4.27. The molecule has 194 valence electrons. The Kier molecular flexibility index (Phi) is 8.34. The zero-order chi connectivity index (χ0) is 25.7. The number of β-amino-alcohol motifs (C(OH)–C–C–N with tert-alkyl or cyclic N) is 1. The van der Waals surface area contributed by atoms with Gasteiger partial charge in [0, 0.05) is 38.8 Å². The van der Waals surface area contributed by atoms with Gasteiger partial charge in [-0.2, -0.15) is 5.10 Å². The van der Waals surface area contributed by atoms with Gasteiger partial charge in [-0.3, -0.25) is 9.58 Å². The summed E-state index contributed by atoms with van der Waals surface area (Å²) in [6, 6.07) is 12.2. The molecule has 0 saturated carbocycles. The van der Waals surface area contributed by atoms with Crippen LogP contribution in [-0.4, -0.2) is 62.9 Å². The fourth-order valence-electron chi connectivity index (χ4n) is 4.77. The van der Waals surface area contributed by atoms with Gasteiger partial charge in [-0.1, -0.05) is 18.2 Å². The topological polar surface area (TPSA) is 80.0 Å². The minimum absolute atomic E-state index is 0.0489. The van der Waals surface area contributed by atoms with E-state index in [0.29, 0.717) is 32.7 Å². The van der Waals surface area contributed by atoms with Crippen LogP contribution in [0.4, 0.5) is 0 Å². The molecule has 0 amide bonds. The van der Waals surface area contributed by atoms with Crippen LogP contribution in [0.15, 0.2) is 48.8 Å². The number of piperidine rings is 1. The number of hydrogen-bond donors (Lipinski definition) is 2. The summed E-state index contributed by atoms with van der Waals surface area (Å²) in [6.07, 6.45) is 4.44. The van der Waals surface area contributed by atoms with Crippen LogP contribution in [0.2, 0.25) is 0 Å². The highest BCUT2D eigenvalue weighted by molar-refractivity contribution is 5.42. The van der Waals surface area contributed by atoms with Crippen molar-refractivity contribution in [3.8, 4) is 11.5 Å². The maximum Gasteiger partial charge on any atom is 0.137 e. The van der Waals surface area contributed by atoms with Gasteiger partial charge in [-0.25, -0.2) is 0 Å². The Morgan fingerprint density at radius 2 is 1.92 bits per heavy atom. The molecule has 0 radical (unpaired) electrons. The molecule has 1 aliphatic heterocycles. The van der Waals surface area contributed by atoms with Crippen LogP contribution in [0.25, 0.3) is 0 Å². The summed E-state index contributed by atoms with van der Waals surface area (Å²) in [6.45, 7) is 11.3. The van der Waals surface area contributed by atoms with Crippen LogP contribution in [0.5, 0.6) is 11.5 Å². The molecule has 0 spiro atoms. The molecule has 1 aromatic heterocycles. The van der Waals surface area contributed by atoms with E-state index in [1.807, 2.05) is 56.0 Å². The second-order valence-corrected chi connectivity index (χ2v) is 10.2. The van der Waals surface area contributed by atoms with Crippen molar-refractivity contribution < 1.29 is 19.7 Å². The number of aromatic nitrogens is 2. The second kappa shape index (κ2) is 11.5. The standard InChI is InChI=1S/C29H39N3O4/c1-21-13-23(3)24(4)27(14-21)36-20-29(34)19-31(11-9-28(29)33)18-25-7-5-8-26(15-25)35-12-6-10-32-17-22(2)16-30-32/h5,7-8,13-17,28,33-34H,6,9-12,18-20H2,1-4H3/t28-,29-/m0/s1. The zero-order valence-electron chi connectivity index (χ0n) is 21.9. The van der Waals surface area contributed by atoms with Gasteiger partial charge >= 0.3 is 0 Å². The maximum atomic E-state index is 11.3. The predicted octanol–water partition coefficient (Wildman–Crippen LogP) is 3.96. The van der Waals surface area contributed by atoms with Crippen LogP contribution in [0.3, 0.4) is 0 Å². The van der Waals surface area contributed by atoms with Crippen molar-refractivity contribution in [3.05, 3.63) is 76.6 Å². The minimum Gasteiger partial charge on any atom is -0.494 e. The van der Waals surface area contributed by atoms with E-state index < -0.39 is 11.7 Å². The molecule has 0 unspecified atom stereocenters. The van der Waals surface area contributed by atoms with Crippen molar-refractivity contribution >= 4 is 0 Å². The lowest BCUT2D eigenvalue weighted by Gasteiger charge is -2.42. The highest BCUT2D eigenvalue weighted by atomic mass is 16.5. The van der Waals surface area contributed by atoms with Crippen LogP contribution in [0, 0.1) is 27.7 Å². The van der Waals surface area contributed by atoms with Gasteiger partial charge in [-0.05, 0) is 80.1 Å². The van der Waals surface area contributed by atoms with E-state index in [1.54, 1.807) is 0 Å². The Morgan fingerprint density at radius 1 is 1.08 bits per heavy atom. The smallest absolute Gasteiger partial charge is 0.137 e. The molecule has 1 fully saturated rings. The van der Waals surface area contributed by atoms with E-state index in [0.717, 1.165) is 52.3 Å². The third-order valence-electron chi connectivity index (χ3n) is 6.95. The van der Waals surface area contributed by atoms with Crippen LogP contribution in [0.1, 0.15) is 40.7 Å². The molecule has 1 saturated heterocycles. The number of nitrogens with zero attached hydrogens (tertiary/aromatic N) is 3. The first-order chi connectivity index (χ1) is 17.2. The van der Waals surface area contributed by atoms with Gasteiger partial charge < -0.3 is 19.7 Å². The lowest BCUT2D eigenvalue weighted by Crippen LogP contribution is -2.59. The first-order valence-corrected chi connectivity index (χ1v) is 12.8. The van der Waals surface area contributed by atoms with E-state index in [2.05, 4.69) is 35.1 Å². The molecule has 2 heterocycles. The molecule has 7 nitrogen and oxygen atoms in total. The predicted molar refractivity (Wildman–Crippen MR) is 141 cm³/mol. The average molecular weight is 494 g/mol. The van der Waals surface area contributed by atoms with Crippen molar-refractivity contribution in [1.29, 1.82) is 0 Å². The Labute approximate surface area is 214 Å². The fraction of sp³-hybridized carbons (Fsp3) is 0.483. The molecule has 2 N–H and O–H groups in total. The Hall–Kier alpha value is -2.87. The molecule has 7 heteroatoms. The molecule has 2 aromatic carbocycles. The molecular formula is C29H39N3O4. The van der Waals surface area contributed by atoms with Gasteiger partial charge in [0.1, 0.15) is 23.7 Å². The monoisotopic (exact) mass is 493 g/mol. The molecule has 0 bridgehead atoms. The van der Waals surface area contributed by atoms with E-state index in [9.17, 15) is 10.2 Å². The van der Waals surface area contributed by atoms with E-state index in [-0.39, 0.29) is 6.61 Å². The van der Waals surface area contributed by atoms with Gasteiger partial charge in [0.05, 0.1) is 18.9 Å². The molecular weight excluding hydrogens is 454 g/mol. The lowest BCUT2D eigenvalue weighted by atomic mass is 9.90. The van der Waals surface area contributed by atoms with Gasteiger partial charge in [0.25, 0.3) is 0 Å². The van der Waals surface area contributed by atoms with Crippen molar-refractivity contribution in [3.63, 3.8) is 0 Å². The Bertz CT molecular complexity index is 1160. The molecule has 1 aliphatic rings. The van der Waals surface area contributed by atoms with Gasteiger partial charge in [-0.15, -0.1) is 0 Å². The normalized spacial score (nSPS) is 20.4. The van der Waals surface area contributed by atoms with Gasteiger partial charge in [0.2, 0.25) is 0 Å². The second-order valence-electron chi connectivity index (χ2n) is 10.2. The summed E-state index contributed by atoms with van der Waals surface area (Å²) in [4.78, 5) is 2.17. The number of benzene rings is 2. The highest BCUT2D eigenvalue weighted by Gasteiger charge is 2.42. The number of hydrogen-bond acceptors (Lipinski definition) is 6. The largest absolute Gasteiger partial charge is 0.494 e. The molecule has 3 aromatic rings. The first-order valence-electron chi connectivity index (χ1n) is 12.8. The van der Waals surface area contributed by atoms with E-state index in [1.165, 1.54) is 0 Å². The van der Waals surface area contributed by atoms with E-state index >= 15 is 0 Å². The highest BCUT2D eigenvalue weighted by Crippen LogP contribution is 2.28. The van der Waals surface area contributed by atoms with Crippen LogP contribution in [-0.2, 0) is 13.1 Å². The molecule has 0 aliphatic carbocycles. The SMILES string of the molecule is Cc1cc(C)c(C)c(OC[C@@]2(O)CN(Cc3cccc(OCCCn4cc(C)cn4)c3)CC[C@@H]2O)c1. The third kappa shape index (κ3) is 6.66. The number of aliphatic hydroxyl groups is 2. The van der Waals surface area contributed by atoms with Crippen LogP contribution >= 0.6 is 0 Å². The number of ether oxygens (including phenoxy) is 2. The maximum absolute atomic E-state index is 11.3. The summed E-state index contributed by atoms with van der Waals surface area (Å²) in [5.74, 6) is 1.60. The number of likely N-dealkylation sites (tertiary alicyclic amines) is 1. The summed E-state index contributed by atoms with van der Waals surface area (Å²) in [5, 5.41) is 26.3. The number of aryl methyl sites for hydroxylation is 4. The van der Waals surface area contributed by atoms with Crippen molar-refractivity contribution in [2.45, 2.75) is 65.3 Å². The Morgan fingerprint density at radius 3 is 2.69 bits per heavy atom. The summed E-state index contributed by atoms with van der Waals surface area (Å²) in [7, 11) is 0. The number of aliphatic hydroxyl groups excluding tert-OH is 1. The van der Waals surface area contributed by atoms with Crippen molar-refractivity contribution in [2.75, 3.05) is 26.3 Å². The number of rotatable bonds is 10. The fourth-order valence-corrected chi connectivity index (χ4v) is 4.77. The lowest BCUT2D eigenvalue weighted by molar-refractivity contribution is -0.140. The van der Waals surface area contributed by atoms with Crippen LogP contribution < -0.4 is 9.47 Å². The zero-order valence-corrected chi connectivity index (χ0v) is 21.9. The molecule has 36 heavy (non-hydrogen) atoms. The Balaban J connectivity index is 1.31. The van der Waals surface area contributed by atoms with Crippen molar-refractivity contribution in [1.82, 2.24) is 14.7 Å². The molecule has 2 atom stereocenters. The minimum atomic E-state index is -1.33. The average Bonchev–Trinajstić information content (AvgIpc) is 3.26. The van der Waals surface area contributed by atoms with E-state index in [4.69, 9.17) is 9.47 Å². The summed E-state index contributed by atoms with van der Waals surface area (Å²) < 4.78 is 14.0. The third-order valence-corrected chi connectivity index (χ3v) is 6.95.